The number of rotatable bonds is 6. The molecule has 0 bridgehead atoms. The van der Waals surface area contributed by atoms with Crippen molar-refractivity contribution in [3.05, 3.63) is 69.3 Å². The zero-order valence-corrected chi connectivity index (χ0v) is 16.5. The number of nitrogens with one attached hydrogen (secondary N) is 2. The van der Waals surface area contributed by atoms with E-state index in [0.717, 1.165) is 23.8 Å². The van der Waals surface area contributed by atoms with Crippen LogP contribution >= 0.6 is 0 Å². The largest absolute Gasteiger partial charge is 0.493 e. The van der Waals surface area contributed by atoms with Gasteiger partial charge in [-0.25, -0.2) is 0 Å². The lowest BCUT2D eigenvalue weighted by Crippen LogP contribution is -2.40. The predicted octanol–water partition coefficient (Wildman–Crippen LogP) is 2.79. The number of nitro benzene ring substituents is 1. The van der Waals surface area contributed by atoms with Crippen molar-refractivity contribution in [3.8, 4) is 11.5 Å². The molecule has 9 heteroatoms. The van der Waals surface area contributed by atoms with Gasteiger partial charge in [-0.3, -0.25) is 30.6 Å². The van der Waals surface area contributed by atoms with Gasteiger partial charge >= 0.3 is 0 Å². The summed E-state index contributed by atoms with van der Waals surface area (Å²) in [6, 6.07) is 8.91. The smallest absolute Gasteiger partial charge is 0.270 e. The second-order valence-electron chi connectivity index (χ2n) is 6.65. The molecule has 0 fully saturated rings. The van der Waals surface area contributed by atoms with E-state index in [0.29, 0.717) is 17.9 Å². The fourth-order valence-corrected chi connectivity index (χ4v) is 3.02. The molecular formula is C21H21N3O6. The van der Waals surface area contributed by atoms with E-state index in [1.807, 2.05) is 26.0 Å². The molecule has 0 saturated heterocycles. The maximum absolute atomic E-state index is 12.1. The Morgan fingerprint density at radius 2 is 2.10 bits per heavy atom. The first kappa shape index (κ1) is 20.8. The maximum Gasteiger partial charge on any atom is 0.270 e. The van der Waals surface area contributed by atoms with Gasteiger partial charge in [0.1, 0.15) is 17.6 Å². The van der Waals surface area contributed by atoms with E-state index in [1.165, 1.54) is 24.3 Å². The number of amides is 2. The molecule has 0 spiro atoms. The van der Waals surface area contributed by atoms with Crippen LogP contribution in [-0.2, 0) is 11.2 Å². The highest BCUT2D eigenvalue weighted by Crippen LogP contribution is 2.35. The van der Waals surface area contributed by atoms with E-state index >= 15 is 0 Å². The van der Waals surface area contributed by atoms with Crippen molar-refractivity contribution >= 4 is 23.6 Å². The quantitative estimate of drug-likeness (QED) is 0.428. The molecule has 1 heterocycles. The Kier molecular flexibility index (Phi) is 6.31. The Bertz CT molecular complexity index is 1020. The van der Waals surface area contributed by atoms with Gasteiger partial charge in [0, 0.05) is 41.3 Å². The molecule has 2 aromatic carbocycles. The summed E-state index contributed by atoms with van der Waals surface area (Å²) in [4.78, 5) is 34.4. The number of carbonyl (C=O) groups excluding carboxylic acids is 2. The van der Waals surface area contributed by atoms with E-state index in [-0.39, 0.29) is 17.4 Å². The Labute approximate surface area is 172 Å². The van der Waals surface area contributed by atoms with Crippen LogP contribution in [0.3, 0.4) is 0 Å². The molecule has 1 aliphatic rings. The second kappa shape index (κ2) is 9.08. The molecule has 0 radical (unpaired) electrons. The number of nitro groups is 1. The predicted molar refractivity (Wildman–Crippen MR) is 109 cm³/mol. The standard InChI is InChI=1S/C21H21N3O6/c1-3-29-18-12-16-9-13(2)30-19(16)11-14(18)7-8-20(25)22-23-21(26)15-5-4-6-17(10-15)24(27)28/h4-8,10-13H,3,9H2,1-2H3,(H,22,25)(H,23,26)/b8-7+/t13-/m1/s1. The highest BCUT2D eigenvalue weighted by Gasteiger charge is 2.21. The van der Waals surface area contributed by atoms with Crippen molar-refractivity contribution in [2.24, 2.45) is 0 Å². The van der Waals surface area contributed by atoms with E-state index in [1.54, 1.807) is 6.08 Å². The van der Waals surface area contributed by atoms with Crippen LogP contribution in [0.2, 0.25) is 0 Å². The van der Waals surface area contributed by atoms with Crippen LogP contribution in [-0.4, -0.2) is 29.4 Å². The van der Waals surface area contributed by atoms with Crippen LogP contribution in [0.15, 0.2) is 42.5 Å². The zero-order chi connectivity index (χ0) is 21.7. The zero-order valence-electron chi connectivity index (χ0n) is 16.5. The third-order valence-corrected chi connectivity index (χ3v) is 4.36. The number of non-ortho nitro benzene ring substituents is 1. The maximum atomic E-state index is 12.1. The minimum Gasteiger partial charge on any atom is -0.493 e. The molecule has 2 amide bonds. The summed E-state index contributed by atoms with van der Waals surface area (Å²) >= 11 is 0. The van der Waals surface area contributed by atoms with Crippen molar-refractivity contribution in [1.82, 2.24) is 10.9 Å². The average molecular weight is 411 g/mol. The van der Waals surface area contributed by atoms with Crippen molar-refractivity contribution in [3.63, 3.8) is 0 Å². The van der Waals surface area contributed by atoms with Gasteiger partial charge in [0.25, 0.3) is 17.5 Å². The number of hydrogen-bond acceptors (Lipinski definition) is 6. The average Bonchev–Trinajstić information content (AvgIpc) is 3.09. The summed E-state index contributed by atoms with van der Waals surface area (Å²) in [5.41, 5.74) is 6.02. The summed E-state index contributed by atoms with van der Waals surface area (Å²) in [7, 11) is 0. The minimum atomic E-state index is -0.671. The third kappa shape index (κ3) is 4.93. The summed E-state index contributed by atoms with van der Waals surface area (Å²) in [5.74, 6) is 0.144. The fourth-order valence-electron chi connectivity index (χ4n) is 3.02. The minimum absolute atomic E-state index is 0.0528. The highest BCUT2D eigenvalue weighted by molar-refractivity contribution is 5.98. The number of carbonyl (C=O) groups is 2. The summed E-state index contributed by atoms with van der Waals surface area (Å²) in [6.07, 6.45) is 3.69. The molecule has 2 N–H and O–H groups in total. The highest BCUT2D eigenvalue weighted by atomic mass is 16.6. The molecule has 30 heavy (non-hydrogen) atoms. The van der Waals surface area contributed by atoms with Crippen LogP contribution < -0.4 is 20.3 Å². The lowest BCUT2D eigenvalue weighted by molar-refractivity contribution is -0.384. The topological polar surface area (TPSA) is 120 Å². The van der Waals surface area contributed by atoms with Crippen LogP contribution in [0.25, 0.3) is 6.08 Å². The van der Waals surface area contributed by atoms with Crippen LogP contribution in [0.4, 0.5) is 5.69 Å². The van der Waals surface area contributed by atoms with Crippen LogP contribution in [0.5, 0.6) is 11.5 Å². The molecule has 156 valence electrons. The van der Waals surface area contributed by atoms with Gasteiger partial charge in [0.05, 0.1) is 11.5 Å². The molecule has 0 unspecified atom stereocenters. The van der Waals surface area contributed by atoms with Gasteiger partial charge in [-0.15, -0.1) is 0 Å². The van der Waals surface area contributed by atoms with Gasteiger partial charge in [0.2, 0.25) is 0 Å². The van der Waals surface area contributed by atoms with E-state index in [4.69, 9.17) is 9.47 Å². The van der Waals surface area contributed by atoms with Crippen molar-refractivity contribution in [2.45, 2.75) is 26.4 Å². The number of fused-ring (bicyclic) bond motifs is 1. The lowest BCUT2D eigenvalue weighted by Gasteiger charge is -2.10. The van der Waals surface area contributed by atoms with Crippen LogP contribution in [0, 0.1) is 10.1 Å². The normalized spacial score (nSPS) is 14.7. The van der Waals surface area contributed by atoms with Gasteiger partial charge in [-0.2, -0.15) is 0 Å². The van der Waals surface area contributed by atoms with Gasteiger partial charge in [-0.1, -0.05) is 6.07 Å². The van der Waals surface area contributed by atoms with Crippen molar-refractivity contribution in [2.75, 3.05) is 6.61 Å². The third-order valence-electron chi connectivity index (χ3n) is 4.36. The fraction of sp³-hybridized carbons (Fsp3) is 0.238. The number of benzene rings is 2. The Balaban J connectivity index is 1.65. The molecule has 2 aromatic rings. The molecular weight excluding hydrogens is 390 g/mol. The lowest BCUT2D eigenvalue weighted by atomic mass is 10.1. The van der Waals surface area contributed by atoms with E-state index < -0.39 is 16.7 Å². The molecule has 0 aliphatic carbocycles. The molecule has 9 nitrogen and oxygen atoms in total. The van der Waals surface area contributed by atoms with Gasteiger partial charge in [-0.05, 0) is 38.1 Å². The summed E-state index contributed by atoms with van der Waals surface area (Å²) in [6.45, 7) is 4.32. The van der Waals surface area contributed by atoms with Crippen LogP contribution in [0.1, 0.15) is 35.3 Å². The second-order valence-corrected chi connectivity index (χ2v) is 6.65. The van der Waals surface area contributed by atoms with Gasteiger partial charge in [0.15, 0.2) is 0 Å². The first-order valence-corrected chi connectivity index (χ1v) is 9.36. The number of hydrogen-bond donors (Lipinski definition) is 2. The van der Waals surface area contributed by atoms with E-state index in [9.17, 15) is 19.7 Å². The Morgan fingerprint density at radius 3 is 2.83 bits per heavy atom. The van der Waals surface area contributed by atoms with Gasteiger partial charge < -0.3 is 9.47 Å². The molecule has 1 aliphatic heterocycles. The molecule has 1 atom stereocenters. The number of nitrogens with zero attached hydrogens (tertiary/aromatic N) is 1. The summed E-state index contributed by atoms with van der Waals surface area (Å²) < 4.78 is 11.4. The van der Waals surface area contributed by atoms with Crippen molar-refractivity contribution < 1.29 is 24.0 Å². The SMILES string of the molecule is CCOc1cc2c(cc1/C=C/C(=O)NNC(=O)c1cccc([N+](=O)[O-])c1)O[C@H](C)C2. The first-order chi connectivity index (χ1) is 14.4. The molecule has 0 aromatic heterocycles. The molecule has 3 rings (SSSR count). The number of ether oxygens (including phenoxy) is 2. The van der Waals surface area contributed by atoms with E-state index in [2.05, 4.69) is 10.9 Å². The van der Waals surface area contributed by atoms with Crippen molar-refractivity contribution in [1.29, 1.82) is 0 Å². The monoisotopic (exact) mass is 411 g/mol. The Hall–Kier alpha value is -3.88. The number of hydrazine groups is 1. The molecule has 0 saturated carbocycles. The summed E-state index contributed by atoms with van der Waals surface area (Å²) in [5, 5.41) is 10.8. The first-order valence-electron chi connectivity index (χ1n) is 9.36. The Morgan fingerprint density at radius 1 is 1.30 bits per heavy atom.